The minimum Gasteiger partial charge on any atom is -0.399 e. The van der Waals surface area contributed by atoms with E-state index < -0.39 is 0 Å². The number of nitrogens with zero attached hydrogens (tertiary/aromatic N) is 9. The molecule has 4 aliphatic heterocycles. The van der Waals surface area contributed by atoms with Crippen LogP contribution < -0.4 is 10.8 Å². The first kappa shape index (κ1) is 64.9. The van der Waals surface area contributed by atoms with Gasteiger partial charge in [0.05, 0.1) is 75.6 Å². The second-order valence-corrected chi connectivity index (χ2v) is 24.1. The zero-order valence-corrected chi connectivity index (χ0v) is 54.8. The van der Waals surface area contributed by atoms with Crippen LogP contribution >= 0.6 is 60.4 Å². The molecule has 1 saturated heterocycles. The van der Waals surface area contributed by atoms with E-state index in [2.05, 4.69) is 125 Å². The molecule has 0 unspecified atom stereocenters. The molecule has 5 aromatic heterocycles. The molecule has 452 valence electrons. The zero-order chi connectivity index (χ0) is 63.0. The summed E-state index contributed by atoms with van der Waals surface area (Å²) >= 11 is 13.1. The fourth-order valence-electron chi connectivity index (χ4n) is 9.83. The standard InChI is InChI=1S/C22H17FN4O.C14H19BN2O2.C14H10BrFN2O.C7H5Br2F.C7H6N2O.CH4S/c1-26-11-17-9-14(6-7-20(17)25-26)15-4-5-16(19(23)10-15)12-27-13-21-18(22(27)28)3-2-8-24-21;1-13(2)14(3,4)19-15(18-13)11-6-7-12-10(8-11)9-17(5)16-12;15-10-4-3-9(12(16)6-10)7-18-8-13-11(14(18)19)2-1-5-17-13;8-4-5-1-2-6(9)3-7(5)10;10-7-5-2-1-3-8-6(5)4-9-7;1-2/h2-11H,12-13H2,1H3;6-9H,1-5H3;1-6H,7-8H2;1-3H,4H2;1-3H,4H2,(H,9,10);2H,1H3. The molecule has 1 N–H and O–H groups in total. The largest absolute Gasteiger partial charge is 0.494 e. The topological polar surface area (TPSA) is 162 Å². The molecule has 4 aliphatic rings. The van der Waals surface area contributed by atoms with E-state index in [0.29, 0.717) is 62.8 Å². The lowest BCUT2D eigenvalue weighted by Gasteiger charge is -2.32. The number of amides is 3. The second kappa shape index (κ2) is 28.3. The summed E-state index contributed by atoms with van der Waals surface area (Å²) in [5.41, 5.74) is 10.0. The van der Waals surface area contributed by atoms with E-state index in [1.165, 1.54) is 18.2 Å². The van der Waals surface area contributed by atoms with E-state index >= 15 is 0 Å². The van der Waals surface area contributed by atoms with Crippen LogP contribution in [0.15, 0.2) is 167 Å². The quantitative estimate of drug-likeness (QED) is 0.0892. The summed E-state index contributed by atoms with van der Waals surface area (Å²) in [4.78, 5) is 51.2. The van der Waals surface area contributed by atoms with E-state index in [4.69, 9.17) is 9.31 Å². The number of benzene rings is 5. The second-order valence-electron chi connectivity index (χ2n) is 21.7. The molecule has 10 aromatic rings. The van der Waals surface area contributed by atoms with Crippen LogP contribution in [-0.2, 0) is 61.5 Å². The molecule has 9 heterocycles. The van der Waals surface area contributed by atoms with Gasteiger partial charge < -0.3 is 24.4 Å². The van der Waals surface area contributed by atoms with Gasteiger partial charge in [-0.1, -0.05) is 90.3 Å². The van der Waals surface area contributed by atoms with E-state index in [1.54, 1.807) is 100.0 Å². The fourth-order valence-corrected chi connectivity index (χ4v) is 11.0. The van der Waals surface area contributed by atoms with Crippen LogP contribution in [0, 0.1) is 17.5 Å². The molecule has 0 bridgehead atoms. The molecular weight excluding hydrogens is 1340 g/mol. The number of carbonyl (C=O) groups excluding carboxylic acids is 3. The number of halogens is 6. The van der Waals surface area contributed by atoms with Crippen LogP contribution in [0.5, 0.6) is 0 Å². The number of alkyl halides is 1. The van der Waals surface area contributed by atoms with Crippen molar-refractivity contribution in [2.24, 2.45) is 14.1 Å². The molecule has 0 saturated carbocycles. The molecule has 14 rings (SSSR count). The molecule has 5 aromatic carbocycles. The third kappa shape index (κ3) is 15.1. The summed E-state index contributed by atoms with van der Waals surface area (Å²) in [6, 6.07) is 37.6. The Morgan fingerprint density at radius 1 is 0.568 bits per heavy atom. The Kier molecular flexibility index (Phi) is 20.9. The number of carbonyl (C=O) groups is 3. The lowest BCUT2D eigenvalue weighted by molar-refractivity contribution is 0.00578. The third-order valence-electron chi connectivity index (χ3n) is 15.1. The average molecular weight is 1400 g/mol. The maximum absolute atomic E-state index is 14.8. The lowest BCUT2D eigenvalue weighted by atomic mass is 9.79. The molecule has 0 aliphatic carbocycles. The predicted molar refractivity (Wildman–Crippen MR) is 349 cm³/mol. The van der Waals surface area contributed by atoms with Gasteiger partial charge in [-0.05, 0) is 141 Å². The Bertz CT molecular complexity index is 4200. The van der Waals surface area contributed by atoms with Gasteiger partial charge in [0.15, 0.2) is 0 Å². The Hall–Kier alpha value is -7.54. The molecule has 0 radical (unpaired) electrons. The van der Waals surface area contributed by atoms with Crippen LogP contribution in [0.1, 0.15) is 92.5 Å². The number of hydrogen-bond donors (Lipinski definition) is 2. The molecule has 88 heavy (non-hydrogen) atoms. The summed E-state index contributed by atoms with van der Waals surface area (Å²) in [5.74, 6) is -1.01. The first-order valence-corrected chi connectivity index (χ1v) is 31.3. The SMILES string of the molecule is CS.Cn1cc2cc(-c3ccc(CN4Cc5ncccc5C4=O)c(F)c3)ccc2n1.Cn1cc2cc(B3OC(C)(C)C(C)(C)O3)ccc2n1.Fc1cc(Br)ccc1CBr.O=C1NCc2ncccc21.O=C1c2cccnc2CN1Cc1ccc(Br)cc1F. The number of aromatic nitrogens is 7. The van der Waals surface area contributed by atoms with Crippen molar-refractivity contribution in [3.8, 4) is 11.1 Å². The summed E-state index contributed by atoms with van der Waals surface area (Å²) in [7, 11) is 3.49. The molecule has 0 atom stereocenters. The maximum Gasteiger partial charge on any atom is 0.494 e. The summed E-state index contributed by atoms with van der Waals surface area (Å²) in [6.45, 7) is 10.2. The predicted octanol–water partition coefficient (Wildman–Crippen LogP) is 13.3. The minimum atomic E-state index is -0.319. The third-order valence-corrected chi connectivity index (χ3v) is 16.7. The van der Waals surface area contributed by atoms with Crippen molar-refractivity contribution in [2.45, 2.75) is 77.0 Å². The fraction of sp³-hybridized carbons (Fsp3) is 0.231. The van der Waals surface area contributed by atoms with Gasteiger partial charge in [-0.3, -0.25) is 38.7 Å². The number of nitrogens with one attached hydrogen (secondary N) is 1. The van der Waals surface area contributed by atoms with E-state index in [0.717, 1.165) is 60.0 Å². The molecule has 1 fully saturated rings. The smallest absolute Gasteiger partial charge is 0.399 e. The highest BCUT2D eigenvalue weighted by atomic mass is 79.9. The van der Waals surface area contributed by atoms with Gasteiger partial charge in [0.2, 0.25) is 0 Å². The van der Waals surface area contributed by atoms with Gasteiger partial charge in [-0.25, -0.2) is 13.2 Å². The minimum absolute atomic E-state index is 0.0110. The van der Waals surface area contributed by atoms with Gasteiger partial charge in [0.1, 0.15) is 17.5 Å². The van der Waals surface area contributed by atoms with Crippen LogP contribution in [0.2, 0.25) is 0 Å². The summed E-state index contributed by atoms with van der Waals surface area (Å²) < 4.78 is 58.5. The number of hydrogen-bond acceptors (Lipinski definition) is 11. The first-order valence-electron chi connectivity index (χ1n) is 27.7. The molecular formula is C65H61BBr3F3N10O5S. The highest BCUT2D eigenvalue weighted by Gasteiger charge is 2.51. The Morgan fingerprint density at radius 3 is 1.50 bits per heavy atom. The number of rotatable bonds is 7. The van der Waals surface area contributed by atoms with Crippen molar-refractivity contribution in [1.82, 2.24) is 49.6 Å². The highest BCUT2D eigenvalue weighted by Crippen LogP contribution is 2.37. The number of pyridine rings is 3. The molecule has 15 nitrogen and oxygen atoms in total. The molecule has 3 amide bonds. The van der Waals surface area contributed by atoms with Gasteiger partial charge in [-0.2, -0.15) is 22.8 Å². The van der Waals surface area contributed by atoms with Gasteiger partial charge in [-0.15, -0.1) is 0 Å². The van der Waals surface area contributed by atoms with Crippen molar-refractivity contribution in [2.75, 3.05) is 6.26 Å². The van der Waals surface area contributed by atoms with Gasteiger partial charge in [0.25, 0.3) is 17.7 Å². The van der Waals surface area contributed by atoms with E-state index in [1.807, 2.05) is 73.6 Å². The van der Waals surface area contributed by atoms with Crippen LogP contribution in [0.25, 0.3) is 32.9 Å². The number of aryl methyl sites for hydroxylation is 2. The summed E-state index contributed by atoms with van der Waals surface area (Å²) in [5, 5.41) is 14.1. The van der Waals surface area contributed by atoms with Crippen LogP contribution in [0.4, 0.5) is 13.2 Å². The Labute approximate surface area is 539 Å². The van der Waals surface area contributed by atoms with E-state index in [-0.39, 0.29) is 66.6 Å². The van der Waals surface area contributed by atoms with Crippen LogP contribution in [-0.4, -0.2) is 86.6 Å². The van der Waals surface area contributed by atoms with Crippen molar-refractivity contribution in [1.29, 1.82) is 0 Å². The monoisotopic (exact) mass is 1400 g/mol. The zero-order valence-electron chi connectivity index (χ0n) is 49.1. The lowest BCUT2D eigenvalue weighted by Crippen LogP contribution is -2.41. The van der Waals surface area contributed by atoms with Crippen molar-refractivity contribution >= 4 is 113 Å². The van der Waals surface area contributed by atoms with Crippen molar-refractivity contribution in [3.63, 3.8) is 0 Å². The van der Waals surface area contributed by atoms with Crippen LogP contribution in [0.3, 0.4) is 0 Å². The average Bonchev–Trinajstić information content (AvgIpc) is 2.63. The van der Waals surface area contributed by atoms with E-state index in [9.17, 15) is 27.6 Å². The maximum atomic E-state index is 14.8. The Morgan fingerprint density at radius 2 is 1.01 bits per heavy atom. The molecule has 23 heteroatoms. The van der Waals surface area contributed by atoms with Gasteiger partial charge >= 0.3 is 7.12 Å². The van der Waals surface area contributed by atoms with Gasteiger partial charge in [0, 0.05) is 94.3 Å². The molecule has 0 spiro atoms. The highest BCUT2D eigenvalue weighted by molar-refractivity contribution is 9.10. The summed E-state index contributed by atoms with van der Waals surface area (Å²) in [6.07, 6.45) is 10.7. The van der Waals surface area contributed by atoms with Crippen molar-refractivity contribution in [3.05, 3.63) is 235 Å². The van der Waals surface area contributed by atoms with Crippen molar-refractivity contribution < 1.29 is 36.9 Å². The number of thiol groups is 1. The number of fused-ring (bicyclic) bond motifs is 5. The Balaban J connectivity index is 0.000000137. The first-order chi connectivity index (χ1) is 42.1. The normalized spacial score (nSPS) is 14.7.